The molecule has 0 fully saturated rings. The number of fused-ring (bicyclic) bond motifs is 4. The molecule has 218 valence electrons. The van der Waals surface area contributed by atoms with Crippen LogP contribution in [0.3, 0.4) is 0 Å². The van der Waals surface area contributed by atoms with Crippen LogP contribution in [0.4, 0.5) is 5.69 Å². The fourth-order valence-electron chi connectivity index (χ4n) is 5.28. The SMILES string of the molecule is [2H]C([2H])([2H])n1ncc2c1-c1cccc(c1)[C@@H](n1cnc(-c3cc(Cl)ccc3-n3cc(C(N)=O)nn3)cc1=O)CCC[C@@H](C)C(=O)N2. The number of nitrogens with zero attached hydrogens (tertiary/aromatic N) is 7. The number of amides is 2. The van der Waals surface area contributed by atoms with Gasteiger partial charge < -0.3 is 11.1 Å². The van der Waals surface area contributed by atoms with Crippen LogP contribution in [0, 0.1) is 5.92 Å². The van der Waals surface area contributed by atoms with Crippen LogP contribution in [0.25, 0.3) is 28.2 Å². The fraction of sp³-hybridized carbons (Fsp3) is 0.233. The van der Waals surface area contributed by atoms with E-state index in [2.05, 4.69) is 25.7 Å². The maximum absolute atomic E-state index is 13.8. The molecule has 1 aliphatic heterocycles. The van der Waals surface area contributed by atoms with Crippen LogP contribution in [-0.4, -0.2) is 46.1 Å². The van der Waals surface area contributed by atoms with Crippen LogP contribution in [0.5, 0.6) is 0 Å². The van der Waals surface area contributed by atoms with Crippen molar-refractivity contribution in [3.63, 3.8) is 0 Å². The molecule has 0 saturated carbocycles. The quantitative estimate of drug-likeness (QED) is 0.316. The molecule has 0 spiro atoms. The average molecular weight is 601 g/mol. The Morgan fingerprint density at radius 2 is 2.02 bits per heavy atom. The molecule has 13 heteroatoms. The molecule has 0 aliphatic carbocycles. The Bertz CT molecular complexity index is 2040. The normalized spacial score (nSPS) is 18.3. The summed E-state index contributed by atoms with van der Waals surface area (Å²) in [4.78, 5) is 43.1. The van der Waals surface area contributed by atoms with Gasteiger partial charge in [0, 0.05) is 39.2 Å². The molecule has 0 unspecified atom stereocenters. The van der Waals surface area contributed by atoms with Crippen LogP contribution in [0.1, 0.15) is 52.4 Å². The smallest absolute Gasteiger partial charge is 0.270 e. The van der Waals surface area contributed by atoms with Gasteiger partial charge in [0.15, 0.2) is 5.69 Å². The minimum absolute atomic E-state index is 0.0325. The lowest BCUT2D eigenvalue weighted by atomic mass is 9.94. The van der Waals surface area contributed by atoms with Crippen molar-refractivity contribution < 1.29 is 13.7 Å². The first kappa shape index (κ1) is 24.5. The number of carbonyl (C=O) groups is 2. The summed E-state index contributed by atoms with van der Waals surface area (Å²) < 4.78 is 27.8. The van der Waals surface area contributed by atoms with Crippen molar-refractivity contribution in [1.29, 1.82) is 0 Å². The lowest BCUT2D eigenvalue weighted by Gasteiger charge is -2.23. The molecule has 43 heavy (non-hydrogen) atoms. The van der Waals surface area contributed by atoms with Gasteiger partial charge in [-0.3, -0.25) is 23.6 Å². The van der Waals surface area contributed by atoms with Gasteiger partial charge in [-0.15, -0.1) is 5.10 Å². The molecule has 12 nitrogen and oxygen atoms in total. The van der Waals surface area contributed by atoms with E-state index in [-0.39, 0.29) is 34.5 Å². The molecular weight excluding hydrogens is 570 g/mol. The number of primary amides is 1. The summed E-state index contributed by atoms with van der Waals surface area (Å²) >= 11 is 6.32. The molecule has 3 N–H and O–H groups in total. The van der Waals surface area contributed by atoms with Crippen molar-refractivity contribution in [3.05, 3.63) is 93.9 Å². The Morgan fingerprint density at radius 3 is 2.79 bits per heavy atom. The van der Waals surface area contributed by atoms with Gasteiger partial charge in [0.05, 0.1) is 47.5 Å². The van der Waals surface area contributed by atoms with E-state index in [4.69, 9.17) is 21.4 Å². The summed E-state index contributed by atoms with van der Waals surface area (Å²) in [5.41, 5.74) is 8.02. The van der Waals surface area contributed by atoms with E-state index in [0.29, 0.717) is 46.8 Å². The number of aryl methyl sites for hydroxylation is 1. The van der Waals surface area contributed by atoms with Crippen LogP contribution in [-0.2, 0) is 11.8 Å². The Balaban J connectivity index is 1.45. The number of anilines is 1. The van der Waals surface area contributed by atoms with Gasteiger partial charge in [0.25, 0.3) is 11.5 Å². The maximum atomic E-state index is 13.8. The molecule has 0 saturated heterocycles. The van der Waals surface area contributed by atoms with Gasteiger partial charge in [-0.1, -0.05) is 48.4 Å². The number of benzene rings is 2. The molecule has 5 aromatic rings. The molecule has 0 radical (unpaired) electrons. The van der Waals surface area contributed by atoms with E-state index in [1.807, 2.05) is 6.07 Å². The average Bonchev–Trinajstić information content (AvgIpc) is 3.67. The van der Waals surface area contributed by atoms with E-state index in [1.54, 1.807) is 43.3 Å². The van der Waals surface area contributed by atoms with E-state index in [1.165, 1.54) is 34.0 Å². The number of halogens is 1. The summed E-state index contributed by atoms with van der Waals surface area (Å²) in [6, 6.07) is 13.0. The number of aromatic nitrogens is 7. The highest BCUT2D eigenvalue weighted by Gasteiger charge is 2.23. The largest absolute Gasteiger partial charge is 0.364 e. The van der Waals surface area contributed by atoms with Crippen LogP contribution < -0.4 is 16.6 Å². The lowest BCUT2D eigenvalue weighted by molar-refractivity contribution is -0.119. The highest BCUT2D eigenvalue weighted by molar-refractivity contribution is 6.31. The van der Waals surface area contributed by atoms with Crippen molar-refractivity contribution in [2.45, 2.75) is 32.2 Å². The third-order valence-corrected chi connectivity index (χ3v) is 7.77. The Morgan fingerprint density at radius 1 is 1.16 bits per heavy atom. The maximum Gasteiger partial charge on any atom is 0.270 e. The molecule has 3 aromatic heterocycles. The monoisotopic (exact) mass is 600 g/mol. The predicted molar refractivity (Wildman–Crippen MR) is 161 cm³/mol. The van der Waals surface area contributed by atoms with Crippen molar-refractivity contribution in [2.75, 3.05) is 5.32 Å². The Hall–Kier alpha value is -5.10. The number of rotatable bonds is 4. The second kappa shape index (κ2) is 11.3. The van der Waals surface area contributed by atoms with Gasteiger partial charge in [-0.25, -0.2) is 9.67 Å². The third kappa shape index (κ3) is 5.44. The van der Waals surface area contributed by atoms with Crippen LogP contribution in [0.2, 0.25) is 5.02 Å². The van der Waals surface area contributed by atoms with E-state index in [9.17, 15) is 14.4 Å². The van der Waals surface area contributed by atoms with E-state index < -0.39 is 18.9 Å². The molecular formula is C30H28ClN9O3. The minimum Gasteiger partial charge on any atom is -0.364 e. The first-order valence-electron chi connectivity index (χ1n) is 15.0. The van der Waals surface area contributed by atoms with Crippen molar-refractivity contribution in [1.82, 2.24) is 34.3 Å². The highest BCUT2D eigenvalue weighted by atomic mass is 35.5. The summed E-state index contributed by atoms with van der Waals surface area (Å²) in [6.45, 7) is -0.796. The molecule has 1 aliphatic rings. The second-order valence-electron chi connectivity index (χ2n) is 10.4. The Labute approximate surface area is 255 Å². The van der Waals surface area contributed by atoms with Crippen LogP contribution in [0.15, 0.2) is 72.0 Å². The summed E-state index contributed by atoms with van der Waals surface area (Å²) in [7, 11) is 0. The predicted octanol–water partition coefficient (Wildman–Crippen LogP) is 3.99. The first-order chi connectivity index (χ1) is 21.9. The summed E-state index contributed by atoms with van der Waals surface area (Å²) in [5.74, 6) is -1.37. The molecule has 4 heterocycles. The van der Waals surface area contributed by atoms with E-state index in [0.717, 1.165) is 10.2 Å². The number of hydrogen-bond acceptors (Lipinski definition) is 7. The van der Waals surface area contributed by atoms with Crippen molar-refractivity contribution >= 4 is 29.1 Å². The van der Waals surface area contributed by atoms with Gasteiger partial charge >= 0.3 is 0 Å². The first-order valence-corrected chi connectivity index (χ1v) is 13.9. The number of nitrogens with one attached hydrogen (secondary N) is 1. The molecule has 2 amide bonds. The summed E-state index contributed by atoms with van der Waals surface area (Å²) in [6.07, 6.45) is 5.82. The van der Waals surface area contributed by atoms with Gasteiger partial charge in [0.1, 0.15) is 0 Å². The van der Waals surface area contributed by atoms with Crippen molar-refractivity contribution in [2.24, 2.45) is 18.6 Å². The number of nitrogens with two attached hydrogens (primary N) is 1. The molecule has 2 atom stereocenters. The minimum atomic E-state index is -2.60. The van der Waals surface area contributed by atoms with Gasteiger partial charge in [0.2, 0.25) is 5.91 Å². The number of carbonyl (C=O) groups excluding carboxylic acids is 2. The molecule has 2 bridgehead atoms. The fourth-order valence-corrected chi connectivity index (χ4v) is 5.45. The number of hydrogen-bond donors (Lipinski definition) is 2. The molecule has 2 aromatic carbocycles. The zero-order valence-electron chi connectivity index (χ0n) is 25.9. The van der Waals surface area contributed by atoms with Crippen molar-refractivity contribution in [3.8, 4) is 28.2 Å². The van der Waals surface area contributed by atoms with Gasteiger partial charge in [-0.2, -0.15) is 5.10 Å². The summed E-state index contributed by atoms with van der Waals surface area (Å²) in [5, 5.41) is 15.1. The van der Waals surface area contributed by atoms with Crippen LogP contribution >= 0.6 is 11.6 Å². The zero-order valence-corrected chi connectivity index (χ0v) is 23.7. The molecule has 6 rings (SSSR count). The zero-order chi connectivity index (χ0) is 32.7. The van der Waals surface area contributed by atoms with Gasteiger partial charge in [-0.05, 0) is 42.7 Å². The third-order valence-electron chi connectivity index (χ3n) is 7.53. The standard InChI is InChI=1S/C30H28ClN9O3/c1-17-5-3-8-25(18-6-4-7-19(11-18)28-23(35-30(17)43)14-34-38(28)2)39-16-33-22(13-27(39)41)21-12-20(31)9-10-26(21)40-15-24(29(32)42)36-37-40/h4,6-7,9-17,25H,3,5,8H2,1-2H3,(H2,32,42)(H,35,43)/t17-,25+/m1/s1/i2D3. The second-order valence-corrected chi connectivity index (χ2v) is 10.8. The highest BCUT2D eigenvalue weighted by Crippen LogP contribution is 2.34. The lowest BCUT2D eigenvalue weighted by Crippen LogP contribution is -2.26. The Kier molecular flexibility index (Phi) is 6.43. The topological polar surface area (TPSA) is 156 Å². The van der Waals surface area contributed by atoms with E-state index >= 15 is 0 Å².